The van der Waals surface area contributed by atoms with Crippen LogP contribution in [0.2, 0.25) is 0 Å². The van der Waals surface area contributed by atoms with Gasteiger partial charge in [-0.1, -0.05) is 0 Å². The van der Waals surface area contributed by atoms with Crippen molar-refractivity contribution in [3.63, 3.8) is 0 Å². The van der Waals surface area contributed by atoms with Crippen LogP contribution in [0.5, 0.6) is 0 Å². The zero-order valence-corrected chi connectivity index (χ0v) is 13.1. The number of fused-ring (bicyclic) bond motifs is 1. The molecular formula is C18H15FN4O. The molecule has 0 aliphatic heterocycles. The van der Waals surface area contributed by atoms with Crippen LogP contribution in [0, 0.1) is 5.82 Å². The number of Topliss-reactive ketones (excluding diaryl/α,β-unsaturated/α-hetero) is 1. The summed E-state index contributed by atoms with van der Waals surface area (Å²) in [7, 11) is 1.85. The Balaban J connectivity index is 1.71. The molecule has 0 amide bonds. The lowest BCUT2D eigenvalue weighted by Crippen LogP contribution is -2.15. The molecule has 6 heteroatoms. The van der Waals surface area contributed by atoms with Crippen LogP contribution in [-0.4, -0.2) is 25.8 Å². The summed E-state index contributed by atoms with van der Waals surface area (Å²) in [5, 5.41) is 11.2. The van der Waals surface area contributed by atoms with Crippen LogP contribution in [0.1, 0.15) is 28.0 Å². The molecule has 2 aromatic heterocycles. The minimum atomic E-state index is -0.287. The molecule has 0 radical (unpaired) electrons. The highest BCUT2D eigenvalue weighted by atomic mass is 19.1. The molecule has 1 aliphatic rings. The number of hydrogen-bond acceptors (Lipinski definition) is 3. The Morgan fingerprint density at radius 3 is 2.79 bits per heavy atom. The predicted octanol–water partition coefficient (Wildman–Crippen LogP) is 3.16. The Bertz CT molecular complexity index is 950. The molecule has 3 aromatic rings. The molecule has 0 saturated heterocycles. The molecule has 5 nitrogen and oxygen atoms in total. The summed E-state index contributed by atoms with van der Waals surface area (Å²) in [6, 6.07) is 6.18. The maximum Gasteiger partial charge on any atom is 0.192 e. The van der Waals surface area contributed by atoms with Crippen molar-refractivity contribution >= 4 is 11.9 Å². The van der Waals surface area contributed by atoms with Gasteiger partial charge in [0.2, 0.25) is 0 Å². The minimum absolute atomic E-state index is 0.00982. The number of aromatic amines is 1. The predicted molar refractivity (Wildman–Crippen MR) is 87.8 cm³/mol. The van der Waals surface area contributed by atoms with Crippen molar-refractivity contribution < 1.29 is 9.18 Å². The Hall–Kier alpha value is -3.02. The number of halogens is 1. The van der Waals surface area contributed by atoms with Crippen LogP contribution in [-0.2, 0) is 13.5 Å². The van der Waals surface area contributed by atoms with Crippen LogP contribution in [0.3, 0.4) is 0 Å². The number of aryl methyl sites for hydroxylation is 1. The van der Waals surface area contributed by atoms with Crippen molar-refractivity contribution in [1.29, 1.82) is 0 Å². The van der Waals surface area contributed by atoms with Gasteiger partial charge in [0.1, 0.15) is 5.82 Å². The molecule has 120 valence electrons. The van der Waals surface area contributed by atoms with E-state index in [9.17, 15) is 9.18 Å². The number of carbonyl (C=O) groups is 1. The first-order chi connectivity index (χ1) is 11.6. The second-order valence-corrected chi connectivity index (χ2v) is 5.83. The highest BCUT2D eigenvalue weighted by molar-refractivity contribution is 6.13. The average molecular weight is 322 g/mol. The van der Waals surface area contributed by atoms with Gasteiger partial charge in [-0.2, -0.15) is 10.2 Å². The van der Waals surface area contributed by atoms with E-state index in [1.807, 2.05) is 13.1 Å². The summed E-state index contributed by atoms with van der Waals surface area (Å²) in [6.07, 6.45) is 6.62. The van der Waals surface area contributed by atoms with Crippen molar-refractivity contribution in [3.8, 4) is 11.3 Å². The quantitative estimate of drug-likeness (QED) is 0.737. The van der Waals surface area contributed by atoms with Gasteiger partial charge in [0.15, 0.2) is 5.78 Å². The lowest BCUT2D eigenvalue weighted by Gasteiger charge is -2.14. The van der Waals surface area contributed by atoms with E-state index >= 15 is 0 Å². The summed E-state index contributed by atoms with van der Waals surface area (Å²) in [4.78, 5) is 12.6. The SMILES string of the molecule is Cn1ncc2c1CC/C(=C/c1cn[nH]c1-c1ccc(F)cc1)C2=O. The number of hydrogen-bond donors (Lipinski definition) is 1. The number of nitrogens with one attached hydrogen (secondary N) is 1. The number of allylic oxidation sites excluding steroid dienone is 1. The van der Waals surface area contributed by atoms with Crippen LogP contribution >= 0.6 is 0 Å². The Labute approximate surface area is 137 Å². The largest absolute Gasteiger partial charge is 0.289 e. The molecule has 0 bridgehead atoms. The monoisotopic (exact) mass is 322 g/mol. The van der Waals surface area contributed by atoms with Gasteiger partial charge in [0.05, 0.1) is 23.7 Å². The third-order valence-corrected chi connectivity index (χ3v) is 4.36. The first-order valence-corrected chi connectivity index (χ1v) is 7.69. The second kappa shape index (κ2) is 5.56. The van der Waals surface area contributed by atoms with Crippen molar-refractivity contribution in [3.05, 3.63) is 64.9 Å². The molecule has 24 heavy (non-hydrogen) atoms. The van der Waals surface area contributed by atoms with E-state index < -0.39 is 0 Å². The van der Waals surface area contributed by atoms with Crippen LogP contribution in [0.15, 0.2) is 42.2 Å². The second-order valence-electron chi connectivity index (χ2n) is 5.83. The van der Waals surface area contributed by atoms with E-state index in [2.05, 4.69) is 15.3 Å². The summed E-state index contributed by atoms with van der Waals surface area (Å²) in [6.45, 7) is 0. The third kappa shape index (κ3) is 2.36. The molecule has 1 aromatic carbocycles. The van der Waals surface area contributed by atoms with Gasteiger partial charge in [-0.25, -0.2) is 4.39 Å². The standard InChI is InChI=1S/C18H15FN4O/c1-23-16-7-4-12(18(24)15(16)10-21-23)8-13-9-20-22-17(13)11-2-5-14(19)6-3-11/h2-3,5-6,8-10H,4,7H2,1H3,(H,20,22)/b12-8-. The van der Waals surface area contributed by atoms with E-state index in [1.165, 1.54) is 12.1 Å². The van der Waals surface area contributed by atoms with Crippen molar-refractivity contribution in [2.45, 2.75) is 12.8 Å². The zero-order chi connectivity index (χ0) is 16.7. The molecule has 0 atom stereocenters. The van der Waals surface area contributed by atoms with Gasteiger partial charge in [0.25, 0.3) is 0 Å². The highest BCUT2D eigenvalue weighted by Crippen LogP contribution is 2.29. The Kier molecular flexibility index (Phi) is 3.37. The Morgan fingerprint density at radius 2 is 2.00 bits per heavy atom. The smallest absolute Gasteiger partial charge is 0.192 e. The summed E-state index contributed by atoms with van der Waals surface area (Å²) < 4.78 is 14.9. The fourth-order valence-corrected chi connectivity index (χ4v) is 3.07. The zero-order valence-electron chi connectivity index (χ0n) is 13.1. The minimum Gasteiger partial charge on any atom is -0.289 e. The van der Waals surface area contributed by atoms with Gasteiger partial charge < -0.3 is 0 Å². The lowest BCUT2D eigenvalue weighted by molar-refractivity contribution is 0.102. The molecule has 1 aliphatic carbocycles. The molecule has 0 unspecified atom stereocenters. The number of aromatic nitrogens is 4. The molecule has 1 N–H and O–H groups in total. The normalized spacial score (nSPS) is 15.8. The van der Waals surface area contributed by atoms with E-state index in [4.69, 9.17) is 0 Å². The topological polar surface area (TPSA) is 63.6 Å². The summed E-state index contributed by atoms with van der Waals surface area (Å²) >= 11 is 0. The van der Waals surface area contributed by atoms with E-state index in [0.29, 0.717) is 12.0 Å². The molecule has 4 rings (SSSR count). The average Bonchev–Trinajstić information content (AvgIpc) is 3.18. The van der Waals surface area contributed by atoms with Crippen LogP contribution < -0.4 is 0 Å². The van der Waals surface area contributed by atoms with Gasteiger partial charge in [-0.05, 0) is 43.2 Å². The number of ketones is 1. The number of benzene rings is 1. The summed E-state index contributed by atoms with van der Waals surface area (Å²) in [5.41, 5.74) is 4.79. The van der Waals surface area contributed by atoms with Crippen LogP contribution in [0.25, 0.3) is 17.3 Å². The van der Waals surface area contributed by atoms with Crippen LogP contribution in [0.4, 0.5) is 4.39 Å². The number of nitrogens with zero attached hydrogens (tertiary/aromatic N) is 3. The van der Waals surface area contributed by atoms with E-state index in [0.717, 1.165) is 34.5 Å². The maximum absolute atomic E-state index is 13.1. The Morgan fingerprint density at radius 1 is 1.21 bits per heavy atom. The fraction of sp³-hybridized carbons (Fsp3) is 0.167. The molecule has 0 spiro atoms. The third-order valence-electron chi connectivity index (χ3n) is 4.36. The molecule has 0 fully saturated rings. The number of rotatable bonds is 2. The van der Waals surface area contributed by atoms with Gasteiger partial charge >= 0.3 is 0 Å². The van der Waals surface area contributed by atoms with Gasteiger partial charge in [0, 0.05) is 29.4 Å². The van der Waals surface area contributed by atoms with Crippen molar-refractivity contribution in [1.82, 2.24) is 20.0 Å². The first-order valence-electron chi connectivity index (χ1n) is 7.69. The highest BCUT2D eigenvalue weighted by Gasteiger charge is 2.25. The number of H-pyrrole nitrogens is 1. The van der Waals surface area contributed by atoms with Crippen molar-refractivity contribution in [2.75, 3.05) is 0 Å². The van der Waals surface area contributed by atoms with Crippen molar-refractivity contribution in [2.24, 2.45) is 7.05 Å². The van der Waals surface area contributed by atoms with E-state index in [-0.39, 0.29) is 11.6 Å². The lowest BCUT2D eigenvalue weighted by atomic mass is 9.90. The number of carbonyl (C=O) groups excluding carboxylic acids is 1. The molecule has 2 heterocycles. The molecular weight excluding hydrogens is 307 g/mol. The maximum atomic E-state index is 13.1. The van der Waals surface area contributed by atoms with Gasteiger partial charge in [-0.15, -0.1) is 0 Å². The molecule has 0 saturated carbocycles. The summed E-state index contributed by atoms with van der Waals surface area (Å²) in [5.74, 6) is -0.277. The van der Waals surface area contributed by atoms with Gasteiger partial charge in [-0.3, -0.25) is 14.6 Å². The van der Waals surface area contributed by atoms with E-state index in [1.54, 1.807) is 29.2 Å². The first kappa shape index (κ1) is 14.6. The fourth-order valence-electron chi connectivity index (χ4n) is 3.07.